The summed E-state index contributed by atoms with van der Waals surface area (Å²) in [6.07, 6.45) is 0. The van der Waals surface area contributed by atoms with Gasteiger partial charge in [0.2, 0.25) is 5.88 Å². The molecule has 21 heavy (non-hydrogen) atoms. The summed E-state index contributed by atoms with van der Waals surface area (Å²) in [6, 6.07) is 6.80. The molecule has 2 aromatic rings. The quantitative estimate of drug-likeness (QED) is 0.595. The van der Waals surface area contributed by atoms with Gasteiger partial charge >= 0.3 is 0 Å². The Kier molecular flexibility index (Phi) is 5.75. The van der Waals surface area contributed by atoms with E-state index in [0.29, 0.717) is 34.9 Å². The third kappa shape index (κ3) is 4.53. The first-order valence-electron chi connectivity index (χ1n) is 6.17. The first kappa shape index (κ1) is 16.0. The summed E-state index contributed by atoms with van der Waals surface area (Å²) in [5.41, 5.74) is 2.47. The van der Waals surface area contributed by atoms with Crippen LogP contribution in [-0.4, -0.2) is 16.6 Å². The number of hydrogen-bond acceptors (Lipinski definition) is 6. The fourth-order valence-electron chi connectivity index (χ4n) is 1.53. The molecule has 0 bridgehead atoms. The smallest absolute Gasteiger partial charge is 0.224 e. The molecule has 1 heterocycles. The molecule has 8 heteroatoms. The molecule has 0 unspecified atom stereocenters. The third-order valence-corrected chi connectivity index (χ3v) is 3.30. The van der Waals surface area contributed by atoms with Gasteiger partial charge in [-0.05, 0) is 41.1 Å². The second-order valence-electron chi connectivity index (χ2n) is 3.97. The fourth-order valence-corrected chi connectivity index (χ4v) is 2.29. The number of nitrogens with two attached hydrogens (primary N) is 1. The molecule has 0 amide bonds. The fraction of sp³-hybridized carbons (Fsp3) is 0.231. The Morgan fingerprint density at radius 1 is 1.33 bits per heavy atom. The molecular weight excluding hydrogens is 360 g/mol. The lowest BCUT2D eigenvalue weighted by molar-refractivity contribution is 0.128. The van der Waals surface area contributed by atoms with E-state index in [4.69, 9.17) is 26.9 Å². The van der Waals surface area contributed by atoms with Gasteiger partial charge in [-0.25, -0.2) is 10.8 Å². The predicted molar refractivity (Wildman–Crippen MR) is 84.4 cm³/mol. The Bertz CT molecular complexity index is 627. The van der Waals surface area contributed by atoms with Crippen molar-refractivity contribution in [2.24, 2.45) is 5.84 Å². The third-order valence-electron chi connectivity index (χ3n) is 2.44. The molecular formula is C13H14BrClN4O2. The lowest BCUT2D eigenvalue weighted by atomic mass is 10.3. The van der Waals surface area contributed by atoms with Crippen LogP contribution in [0, 0.1) is 0 Å². The maximum absolute atomic E-state index is 5.90. The molecule has 1 aromatic carbocycles. The number of hydrazine groups is 1. The number of nitrogens with zero attached hydrogens (tertiary/aromatic N) is 2. The van der Waals surface area contributed by atoms with Crippen LogP contribution in [0.15, 0.2) is 28.7 Å². The monoisotopic (exact) mass is 372 g/mol. The lowest BCUT2D eigenvalue weighted by Gasteiger charge is -2.10. The number of nitrogens with one attached hydrogen (secondary N) is 1. The number of nitrogen functional groups attached to an aromatic ring is 1. The molecule has 1 aromatic heterocycles. The number of anilines is 1. The zero-order valence-corrected chi connectivity index (χ0v) is 13.6. The number of ether oxygens (including phenoxy) is 2. The highest BCUT2D eigenvalue weighted by atomic mass is 79.9. The van der Waals surface area contributed by atoms with Crippen LogP contribution in [0.4, 0.5) is 5.82 Å². The van der Waals surface area contributed by atoms with Crippen LogP contribution in [0.3, 0.4) is 0 Å². The minimum absolute atomic E-state index is 0.282. The van der Waals surface area contributed by atoms with Crippen LogP contribution >= 0.6 is 27.5 Å². The molecule has 6 nitrogen and oxygen atoms in total. The second-order valence-corrected chi connectivity index (χ2v) is 5.26. The molecule has 0 saturated heterocycles. The number of halogens is 2. The van der Waals surface area contributed by atoms with Gasteiger partial charge in [0.05, 0.1) is 4.47 Å². The van der Waals surface area contributed by atoms with Crippen LogP contribution in [0.25, 0.3) is 0 Å². The highest BCUT2D eigenvalue weighted by Crippen LogP contribution is 2.31. The van der Waals surface area contributed by atoms with Gasteiger partial charge in [0, 0.05) is 17.7 Å². The van der Waals surface area contributed by atoms with E-state index in [-0.39, 0.29) is 6.61 Å². The first-order valence-corrected chi connectivity index (χ1v) is 7.34. The Balaban J connectivity index is 2.25. The van der Waals surface area contributed by atoms with Crippen molar-refractivity contribution in [2.75, 3.05) is 12.0 Å². The zero-order chi connectivity index (χ0) is 15.2. The maximum Gasteiger partial charge on any atom is 0.224 e. The van der Waals surface area contributed by atoms with Crippen molar-refractivity contribution < 1.29 is 9.47 Å². The standard InChI is InChI=1S/C13H14BrClN4O2/c1-2-20-7-12-17-11(19-16)6-13(18-12)21-10-4-3-8(15)5-9(10)14/h3-6H,2,7,16H2,1H3,(H,17,18,19). The normalized spacial score (nSPS) is 10.5. The van der Waals surface area contributed by atoms with Crippen molar-refractivity contribution in [1.29, 1.82) is 0 Å². The van der Waals surface area contributed by atoms with Crippen LogP contribution in [0.1, 0.15) is 12.7 Å². The average molecular weight is 374 g/mol. The molecule has 3 N–H and O–H groups in total. The molecule has 0 radical (unpaired) electrons. The number of benzene rings is 1. The minimum Gasteiger partial charge on any atom is -0.438 e. The van der Waals surface area contributed by atoms with Crippen LogP contribution in [0.5, 0.6) is 11.6 Å². The summed E-state index contributed by atoms with van der Waals surface area (Å²) in [4.78, 5) is 8.45. The topological polar surface area (TPSA) is 82.3 Å². The van der Waals surface area contributed by atoms with Gasteiger partial charge in [-0.2, -0.15) is 4.98 Å². The summed E-state index contributed by atoms with van der Waals surface area (Å²) >= 11 is 9.28. The van der Waals surface area contributed by atoms with Crippen molar-refractivity contribution in [2.45, 2.75) is 13.5 Å². The molecule has 0 fully saturated rings. The molecule has 0 atom stereocenters. The van der Waals surface area contributed by atoms with E-state index in [1.54, 1.807) is 24.3 Å². The van der Waals surface area contributed by atoms with Gasteiger partial charge in [-0.1, -0.05) is 11.6 Å². The van der Waals surface area contributed by atoms with Crippen molar-refractivity contribution in [3.05, 3.63) is 39.6 Å². The van der Waals surface area contributed by atoms with Gasteiger partial charge in [0.15, 0.2) is 5.82 Å². The Labute approximate surface area is 135 Å². The van der Waals surface area contributed by atoms with Crippen molar-refractivity contribution >= 4 is 33.3 Å². The van der Waals surface area contributed by atoms with E-state index < -0.39 is 0 Å². The minimum atomic E-state index is 0.282. The van der Waals surface area contributed by atoms with E-state index in [9.17, 15) is 0 Å². The zero-order valence-electron chi connectivity index (χ0n) is 11.3. The number of hydrogen-bond donors (Lipinski definition) is 2. The van der Waals surface area contributed by atoms with Crippen molar-refractivity contribution in [3.8, 4) is 11.6 Å². The molecule has 112 valence electrons. The lowest BCUT2D eigenvalue weighted by Crippen LogP contribution is -2.11. The predicted octanol–water partition coefficient (Wildman–Crippen LogP) is 3.51. The van der Waals surface area contributed by atoms with Gasteiger partial charge in [0.1, 0.15) is 18.2 Å². The molecule has 0 saturated carbocycles. The number of aromatic nitrogens is 2. The van der Waals surface area contributed by atoms with E-state index in [1.807, 2.05) is 6.92 Å². The van der Waals surface area contributed by atoms with Gasteiger partial charge < -0.3 is 14.9 Å². The first-order chi connectivity index (χ1) is 10.1. The van der Waals surface area contributed by atoms with E-state index >= 15 is 0 Å². The SMILES string of the molecule is CCOCc1nc(NN)cc(Oc2ccc(Cl)cc2Br)n1. The maximum atomic E-state index is 5.90. The highest BCUT2D eigenvalue weighted by molar-refractivity contribution is 9.10. The van der Waals surface area contributed by atoms with Crippen LogP contribution < -0.4 is 16.0 Å². The molecule has 0 aliphatic heterocycles. The molecule has 2 rings (SSSR count). The summed E-state index contributed by atoms with van der Waals surface area (Å²) in [7, 11) is 0. The Hall–Kier alpha value is -1.41. The Morgan fingerprint density at radius 3 is 2.81 bits per heavy atom. The van der Waals surface area contributed by atoms with Crippen LogP contribution in [0.2, 0.25) is 5.02 Å². The molecule has 0 aliphatic rings. The average Bonchev–Trinajstić information content (AvgIpc) is 2.48. The summed E-state index contributed by atoms with van der Waals surface area (Å²) in [5.74, 6) is 7.26. The highest BCUT2D eigenvalue weighted by Gasteiger charge is 2.09. The van der Waals surface area contributed by atoms with E-state index in [1.165, 1.54) is 0 Å². The van der Waals surface area contributed by atoms with Gasteiger partial charge in [-0.3, -0.25) is 0 Å². The largest absolute Gasteiger partial charge is 0.438 e. The van der Waals surface area contributed by atoms with E-state index in [2.05, 4.69) is 31.3 Å². The van der Waals surface area contributed by atoms with E-state index in [0.717, 1.165) is 4.47 Å². The number of rotatable bonds is 6. The Morgan fingerprint density at radius 2 is 2.14 bits per heavy atom. The summed E-state index contributed by atoms with van der Waals surface area (Å²) in [6.45, 7) is 2.75. The van der Waals surface area contributed by atoms with Crippen LogP contribution in [-0.2, 0) is 11.3 Å². The van der Waals surface area contributed by atoms with Crippen molar-refractivity contribution in [1.82, 2.24) is 9.97 Å². The summed E-state index contributed by atoms with van der Waals surface area (Å²) < 4.78 is 11.7. The van der Waals surface area contributed by atoms with Crippen molar-refractivity contribution in [3.63, 3.8) is 0 Å². The van der Waals surface area contributed by atoms with Gasteiger partial charge in [0.25, 0.3) is 0 Å². The van der Waals surface area contributed by atoms with Gasteiger partial charge in [-0.15, -0.1) is 0 Å². The molecule has 0 aliphatic carbocycles. The summed E-state index contributed by atoms with van der Waals surface area (Å²) in [5, 5.41) is 0.610. The molecule has 0 spiro atoms. The second kappa shape index (κ2) is 7.56.